The maximum absolute atomic E-state index is 9.44. The van der Waals surface area contributed by atoms with Crippen molar-refractivity contribution >= 4 is 6.08 Å². The first-order valence-corrected chi connectivity index (χ1v) is 8.80. The Labute approximate surface area is 144 Å². The van der Waals surface area contributed by atoms with Gasteiger partial charge in [-0.05, 0) is 42.7 Å². The van der Waals surface area contributed by atoms with Gasteiger partial charge in [0.1, 0.15) is 17.7 Å². The van der Waals surface area contributed by atoms with Crippen molar-refractivity contribution < 1.29 is 0 Å². The Morgan fingerprint density at radius 1 is 1.12 bits per heavy atom. The lowest BCUT2D eigenvalue weighted by molar-refractivity contribution is 0.291. The van der Waals surface area contributed by atoms with Crippen molar-refractivity contribution in [1.29, 1.82) is 10.5 Å². The van der Waals surface area contributed by atoms with Crippen LogP contribution in [-0.4, -0.2) is 12.1 Å². The maximum Gasteiger partial charge on any atom is 0.129 e. The molecular formula is C21H23N3. The molecule has 1 aromatic rings. The molecule has 0 saturated carbocycles. The second kappa shape index (κ2) is 7.47. The molecular weight excluding hydrogens is 294 g/mol. The molecule has 3 heteroatoms. The van der Waals surface area contributed by atoms with E-state index >= 15 is 0 Å². The van der Waals surface area contributed by atoms with Gasteiger partial charge in [0.15, 0.2) is 0 Å². The number of nitrogens with zero attached hydrogens (tertiary/aromatic N) is 2. The molecule has 0 aliphatic carbocycles. The normalized spacial score (nSPS) is 28.5. The summed E-state index contributed by atoms with van der Waals surface area (Å²) in [4.78, 5) is 0. The zero-order valence-corrected chi connectivity index (χ0v) is 14.1. The first-order chi connectivity index (χ1) is 11.8. The van der Waals surface area contributed by atoms with Gasteiger partial charge in [0.25, 0.3) is 0 Å². The smallest absolute Gasteiger partial charge is 0.129 e. The summed E-state index contributed by atoms with van der Waals surface area (Å²) in [5, 5.41) is 22.6. The number of benzene rings is 1. The Hall–Kier alpha value is -2.36. The molecule has 2 aliphatic heterocycles. The van der Waals surface area contributed by atoms with E-state index in [1.807, 2.05) is 18.2 Å². The number of piperidine rings is 1. The molecule has 2 heterocycles. The van der Waals surface area contributed by atoms with Crippen LogP contribution in [0.25, 0.3) is 6.08 Å². The van der Waals surface area contributed by atoms with Crippen molar-refractivity contribution in [2.75, 3.05) is 0 Å². The number of nitriles is 2. The minimum Gasteiger partial charge on any atom is -0.310 e. The molecule has 24 heavy (non-hydrogen) atoms. The summed E-state index contributed by atoms with van der Waals surface area (Å²) in [6, 6.07) is 15.4. The monoisotopic (exact) mass is 317 g/mol. The average molecular weight is 317 g/mol. The van der Waals surface area contributed by atoms with Gasteiger partial charge in [0.2, 0.25) is 0 Å². The Bertz CT molecular complexity index is 702. The fourth-order valence-electron chi connectivity index (χ4n) is 4.38. The quantitative estimate of drug-likeness (QED) is 0.846. The number of hydrogen-bond acceptors (Lipinski definition) is 3. The highest BCUT2D eigenvalue weighted by Crippen LogP contribution is 2.44. The summed E-state index contributed by atoms with van der Waals surface area (Å²) in [6.45, 7) is 2.16. The van der Waals surface area contributed by atoms with E-state index in [9.17, 15) is 10.5 Å². The van der Waals surface area contributed by atoms with E-state index in [1.54, 1.807) is 0 Å². The SMILES string of the molecule is CC[C@@H]1C(=C(C#N)C#N)[C@H](C/C=C/c2ccccc2)[C@H]2CC[C@@H]1N2. The van der Waals surface area contributed by atoms with E-state index < -0.39 is 0 Å². The zero-order valence-electron chi connectivity index (χ0n) is 14.1. The van der Waals surface area contributed by atoms with Crippen LogP contribution in [-0.2, 0) is 0 Å². The van der Waals surface area contributed by atoms with Crippen molar-refractivity contribution in [3.05, 3.63) is 53.1 Å². The molecule has 0 amide bonds. The molecule has 4 atom stereocenters. The minimum absolute atomic E-state index is 0.253. The predicted octanol–water partition coefficient (Wildman–Crippen LogP) is 4.21. The van der Waals surface area contributed by atoms with Gasteiger partial charge in [-0.15, -0.1) is 0 Å². The maximum atomic E-state index is 9.44. The lowest BCUT2D eigenvalue weighted by Crippen LogP contribution is -2.47. The van der Waals surface area contributed by atoms with Crippen LogP contribution in [0.1, 0.15) is 38.2 Å². The largest absolute Gasteiger partial charge is 0.310 e. The third-order valence-corrected chi connectivity index (χ3v) is 5.44. The molecule has 0 spiro atoms. The molecule has 3 nitrogen and oxygen atoms in total. The highest BCUT2D eigenvalue weighted by molar-refractivity contribution is 5.49. The van der Waals surface area contributed by atoms with E-state index in [4.69, 9.17) is 0 Å². The van der Waals surface area contributed by atoms with Gasteiger partial charge < -0.3 is 5.32 Å². The first-order valence-electron chi connectivity index (χ1n) is 8.80. The van der Waals surface area contributed by atoms with E-state index in [0.29, 0.717) is 23.6 Å². The van der Waals surface area contributed by atoms with Gasteiger partial charge in [-0.2, -0.15) is 10.5 Å². The van der Waals surface area contributed by atoms with Crippen LogP contribution in [0.2, 0.25) is 0 Å². The minimum atomic E-state index is 0.253. The van der Waals surface area contributed by atoms with Gasteiger partial charge in [0, 0.05) is 18.0 Å². The van der Waals surface area contributed by atoms with Crippen LogP contribution in [0, 0.1) is 34.5 Å². The van der Waals surface area contributed by atoms with Gasteiger partial charge >= 0.3 is 0 Å². The molecule has 0 unspecified atom stereocenters. The Morgan fingerprint density at radius 3 is 2.42 bits per heavy atom. The van der Waals surface area contributed by atoms with Gasteiger partial charge in [-0.1, -0.05) is 49.4 Å². The van der Waals surface area contributed by atoms with Crippen molar-refractivity contribution in [3.8, 4) is 12.1 Å². The highest BCUT2D eigenvalue weighted by atomic mass is 15.0. The molecule has 122 valence electrons. The lowest BCUT2D eigenvalue weighted by Gasteiger charge is -2.38. The third-order valence-electron chi connectivity index (χ3n) is 5.44. The Kier molecular flexibility index (Phi) is 5.14. The Morgan fingerprint density at radius 2 is 1.79 bits per heavy atom. The number of rotatable bonds is 4. The molecule has 2 saturated heterocycles. The molecule has 3 rings (SSSR count). The summed E-state index contributed by atoms with van der Waals surface area (Å²) in [7, 11) is 0. The molecule has 0 aromatic heterocycles. The fraction of sp³-hybridized carbons (Fsp3) is 0.429. The summed E-state index contributed by atoms with van der Waals surface area (Å²) in [5.41, 5.74) is 2.63. The molecule has 0 radical (unpaired) electrons. The zero-order chi connectivity index (χ0) is 16.9. The van der Waals surface area contributed by atoms with Crippen LogP contribution in [0.3, 0.4) is 0 Å². The summed E-state index contributed by atoms with van der Waals surface area (Å²) >= 11 is 0. The second-order valence-corrected chi connectivity index (χ2v) is 6.68. The molecule has 2 aliphatic rings. The standard InChI is InChI=1S/C21H23N3/c1-2-17-19-11-12-20(24-19)18(21(17)16(13-22)14-23)10-6-9-15-7-4-3-5-8-15/h3-9,17-20,24H,2,10-12H2,1H3/b9-6+/t17-,18+,19-,20+/m0/s1. The van der Waals surface area contributed by atoms with Gasteiger partial charge in [-0.3, -0.25) is 0 Å². The number of hydrogen-bond donors (Lipinski definition) is 1. The molecule has 1 aromatic carbocycles. The molecule has 1 N–H and O–H groups in total. The third kappa shape index (κ3) is 3.14. The summed E-state index contributed by atoms with van der Waals surface area (Å²) in [6.07, 6.45) is 8.47. The van der Waals surface area contributed by atoms with Crippen molar-refractivity contribution in [3.63, 3.8) is 0 Å². The van der Waals surface area contributed by atoms with E-state index in [-0.39, 0.29) is 5.92 Å². The average Bonchev–Trinajstić information content (AvgIpc) is 3.05. The Balaban J connectivity index is 1.88. The van der Waals surface area contributed by atoms with E-state index in [2.05, 4.69) is 48.7 Å². The highest BCUT2D eigenvalue weighted by Gasteiger charge is 2.44. The van der Waals surface area contributed by atoms with Crippen LogP contribution in [0.15, 0.2) is 47.6 Å². The first kappa shape index (κ1) is 16.5. The van der Waals surface area contributed by atoms with E-state index in [1.165, 1.54) is 5.56 Å². The van der Waals surface area contributed by atoms with Gasteiger partial charge in [0.05, 0.1) is 0 Å². The number of allylic oxidation sites excluding steroid dienone is 2. The molecule has 2 bridgehead atoms. The molecule has 2 fully saturated rings. The van der Waals surface area contributed by atoms with Crippen LogP contribution in [0.5, 0.6) is 0 Å². The van der Waals surface area contributed by atoms with Crippen LogP contribution < -0.4 is 5.32 Å². The fourth-order valence-corrected chi connectivity index (χ4v) is 4.38. The second-order valence-electron chi connectivity index (χ2n) is 6.68. The topological polar surface area (TPSA) is 59.6 Å². The van der Waals surface area contributed by atoms with Gasteiger partial charge in [-0.25, -0.2) is 0 Å². The van der Waals surface area contributed by atoms with Crippen molar-refractivity contribution in [1.82, 2.24) is 5.32 Å². The van der Waals surface area contributed by atoms with Crippen LogP contribution in [0.4, 0.5) is 0 Å². The van der Waals surface area contributed by atoms with Crippen molar-refractivity contribution in [2.45, 2.75) is 44.7 Å². The number of nitrogens with one attached hydrogen (secondary N) is 1. The predicted molar refractivity (Wildman–Crippen MR) is 95.6 cm³/mol. The summed E-state index contributed by atoms with van der Waals surface area (Å²) < 4.78 is 0. The number of fused-ring (bicyclic) bond motifs is 2. The van der Waals surface area contributed by atoms with E-state index in [0.717, 1.165) is 31.3 Å². The van der Waals surface area contributed by atoms with Crippen molar-refractivity contribution in [2.24, 2.45) is 11.8 Å². The van der Waals surface area contributed by atoms with Crippen LogP contribution >= 0.6 is 0 Å². The lowest BCUT2D eigenvalue weighted by atomic mass is 9.74. The summed E-state index contributed by atoms with van der Waals surface area (Å²) in [5.74, 6) is 0.566.